The van der Waals surface area contributed by atoms with Gasteiger partial charge in [-0.15, -0.1) is 11.3 Å². The molecular weight excluding hydrogens is 277 g/mol. The number of H-pyrrole nitrogens is 1. The van der Waals surface area contributed by atoms with Gasteiger partial charge in [-0.3, -0.25) is 0 Å². The van der Waals surface area contributed by atoms with Gasteiger partial charge in [0.05, 0.1) is 10.0 Å². The summed E-state index contributed by atoms with van der Waals surface area (Å²) >= 11 is 13.2. The van der Waals surface area contributed by atoms with Crippen LogP contribution in [0.1, 0.15) is 34.2 Å². The predicted molar refractivity (Wildman–Crippen MR) is 73.4 cm³/mol. The first-order valence-electron chi connectivity index (χ1n) is 5.20. The van der Waals surface area contributed by atoms with E-state index in [1.54, 1.807) is 6.07 Å². The van der Waals surface area contributed by atoms with Gasteiger partial charge in [-0.2, -0.15) is 0 Å². The minimum absolute atomic E-state index is 0.534. The van der Waals surface area contributed by atoms with Crippen molar-refractivity contribution < 1.29 is 5.11 Å². The standard InChI is InChI=1S/C12H13Cl2NOS/c1-5-6(2)10(15-7(5)3)11(16)8-4-9(13)17-12(8)14/h4,11,15-16H,1-3H3. The second-order valence-electron chi connectivity index (χ2n) is 4.10. The summed E-state index contributed by atoms with van der Waals surface area (Å²) in [6.07, 6.45) is -0.751. The number of aromatic nitrogens is 1. The van der Waals surface area contributed by atoms with E-state index in [0.29, 0.717) is 14.2 Å². The first-order valence-corrected chi connectivity index (χ1v) is 6.77. The minimum Gasteiger partial charge on any atom is -0.382 e. The quantitative estimate of drug-likeness (QED) is 0.845. The number of nitrogens with one attached hydrogen (secondary N) is 1. The number of thiophene rings is 1. The van der Waals surface area contributed by atoms with Crippen LogP contribution in [-0.2, 0) is 0 Å². The highest BCUT2D eigenvalue weighted by molar-refractivity contribution is 7.20. The molecule has 0 amide bonds. The summed E-state index contributed by atoms with van der Waals surface area (Å²) in [5.41, 5.74) is 4.74. The summed E-state index contributed by atoms with van der Waals surface area (Å²) in [5.74, 6) is 0. The Bertz CT molecular complexity index is 559. The Balaban J connectivity index is 2.47. The number of halogens is 2. The molecule has 0 saturated heterocycles. The van der Waals surface area contributed by atoms with Crippen molar-refractivity contribution in [2.45, 2.75) is 26.9 Å². The van der Waals surface area contributed by atoms with Gasteiger partial charge < -0.3 is 10.1 Å². The number of hydrogen-bond acceptors (Lipinski definition) is 2. The average Bonchev–Trinajstić information content (AvgIpc) is 2.72. The van der Waals surface area contributed by atoms with Crippen LogP contribution >= 0.6 is 34.5 Å². The van der Waals surface area contributed by atoms with Crippen molar-refractivity contribution in [1.29, 1.82) is 0 Å². The van der Waals surface area contributed by atoms with Gasteiger partial charge in [0, 0.05) is 11.3 Å². The SMILES string of the molecule is Cc1[nH]c(C(O)c2cc(Cl)sc2Cl)c(C)c1C. The van der Waals surface area contributed by atoms with Crippen molar-refractivity contribution in [3.05, 3.63) is 42.8 Å². The molecule has 0 aliphatic rings. The van der Waals surface area contributed by atoms with Crippen molar-refractivity contribution in [1.82, 2.24) is 4.98 Å². The average molecular weight is 290 g/mol. The molecule has 0 spiro atoms. The van der Waals surface area contributed by atoms with Gasteiger partial charge >= 0.3 is 0 Å². The Morgan fingerprint density at radius 2 is 1.88 bits per heavy atom. The third-order valence-corrected chi connectivity index (χ3v) is 4.62. The molecule has 2 aromatic rings. The van der Waals surface area contributed by atoms with Gasteiger partial charge in [-0.25, -0.2) is 0 Å². The van der Waals surface area contributed by atoms with Crippen LogP contribution < -0.4 is 0 Å². The van der Waals surface area contributed by atoms with Gasteiger partial charge in [-0.1, -0.05) is 23.2 Å². The molecule has 2 N–H and O–H groups in total. The van der Waals surface area contributed by atoms with Crippen LogP contribution in [0.4, 0.5) is 0 Å². The summed E-state index contributed by atoms with van der Waals surface area (Å²) in [4.78, 5) is 3.20. The molecule has 1 unspecified atom stereocenters. The lowest BCUT2D eigenvalue weighted by Crippen LogP contribution is -2.01. The summed E-state index contributed by atoms with van der Waals surface area (Å²) in [7, 11) is 0. The molecule has 0 aromatic carbocycles. The van der Waals surface area contributed by atoms with Crippen LogP contribution in [0.3, 0.4) is 0 Å². The first-order chi connectivity index (χ1) is 7.91. The van der Waals surface area contributed by atoms with E-state index in [-0.39, 0.29) is 0 Å². The maximum absolute atomic E-state index is 10.3. The number of aliphatic hydroxyl groups excluding tert-OH is 1. The Kier molecular flexibility index (Phi) is 3.55. The van der Waals surface area contributed by atoms with Gasteiger partial charge in [-0.05, 0) is 38.0 Å². The molecule has 0 bridgehead atoms. The number of aryl methyl sites for hydroxylation is 1. The highest BCUT2D eigenvalue weighted by atomic mass is 35.5. The topological polar surface area (TPSA) is 36.0 Å². The zero-order chi connectivity index (χ0) is 12.7. The largest absolute Gasteiger partial charge is 0.382 e. The van der Waals surface area contributed by atoms with Crippen LogP contribution in [0.15, 0.2) is 6.07 Å². The Labute approximate surface area is 114 Å². The molecule has 92 valence electrons. The summed E-state index contributed by atoms with van der Waals surface area (Å²) in [6, 6.07) is 1.71. The second kappa shape index (κ2) is 4.65. The van der Waals surface area contributed by atoms with E-state index in [1.807, 2.05) is 20.8 Å². The molecule has 0 saturated carbocycles. The molecule has 2 rings (SSSR count). The van der Waals surface area contributed by atoms with E-state index >= 15 is 0 Å². The van der Waals surface area contributed by atoms with Crippen molar-refractivity contribution in [2.24, 2.45) is 0 Å². The molecule has 2 heterocycles. The van der Waals surface area contributed by atoms with E-state index in [0.717, 1.165) is 22.5 Å². The molecule has 17 heavy (non-hydrogen) atoms. The number of aliphatic hydroxyl groups is 1. The van der Waals surface area contributed by atoms with Crippen LogP contribution in [0.5, 0.6) is 0 Å². The maximum Gasteiger partial charge on any atom is 0.121 e. The van der Waals surface area contributed by atoms with Crippen LogP contribution in [0.25, 0.3) is 0 Å². The fraction of sp³-hybridized carbons (Fsp3) is 0.333. The van der Waals surface area contributed by atoms with Crippen molar-refractivity contribution in [3.63, 3.8) is 0 Å². The monoisotopic (exact) mass is 289 g/mol. The first kappa shape index (κ1) is 13.0. The van der Waals surface area contributed by atoms with E-state index in [4.69, 9.17) is 23.2 Å². The molecule has 2 aromatic heterocycles. The lowest BCUT2D eigenvalue weighted by Gasteiger charge is -2.09. The Morgan fingerprint density at radius 3 is 2.29 bits per heavy atom. The molecule has 2 nitrogen and oxygen atoms in total. The number of aromatic amines is 1. The number of hydrogen-bond donors (Lipinski definition) is 2. The second-order valence-corrected chi connectivity index (χ2v) is 6.38. The van der Waals surface area contributed by atoms with Crippen LogP contribution in [0.2, 0.25) is 8.67 Å². The minimum atomic E-state index is -0.751. The number of rotatable bonds is 2. The summed E-state index contributed by atoms with van der Waals surface area (Å²) < 4.78 is 1.12. The molecule has 0 radical (unpaired) electrons. The molecule has 0 fully saturated rings. The third-order valence-electron chi connectivity index (χ3n) is 3.10. The Morgan fingerprint density at radius 1 is 1.24 bits per heavy atom. The van der Waals surface area contributed by atoms with E-state index in [1.165, 1.54) is 11.3 Å². The Hall–Kier alpha value is -0.480. The van der Waals surface area contributed by atoms with Crippen molar-refractivity contribution in [3.8, 4) is 0 Å². The van der Waals surface area contributed by atoms with Crippen molar-refractivity contribution >= 4 is 34.5 Å². The molecule has 5 heteroatoms. The van der Waals surface area contributed by atoms with E-state index < -0.39 is 6.10 Å². The lowest BCUT2D eigenvalue weighted by atomic mass is 10.1. The maximum atomic E-state index is 10.3. The summed E-state index contributed by atoms with van der Waals surface area (Å²) in [6.45, 7) is 6.00. The van der Waals surface area contributed by atoms with E-state index in [2.05, 4.69) is 4.98 Å². The van der Waals surface area contributed by atoms with Gasteiger partial charge in [0.15, 0.2) is 0 Å². The zero-order valence-electron chi connectivity index (χ0n) is 9.77. The lowest BCUT2D eigenvalue weighted by molar-refractivity contribution is 0.215. The molecule has 0 aliphatic heterocycles. The third kappa shape index (κ3) is 2.25. The van der Waals surface area contributed by atoms with Crippen LogP contribution in [0, 0.1) is 20.8 Å². The van der Waals surface area contributed by atoms with Crippen LogP contribution in [-0.4, -0.2) is 10.1 Å². The fourth-order valence-electron chi connectivity index (χ4n) is 1.84. The summed E-state index contributed by atoms with van der Waals surface area (Å²) in [5, 5.41) is 10.3. The molecular formula is C12H13Cl2NOS. The van der Waals surface area contributed by atoms with E-state index in [9.17, 15) is 5.11 Å². The normalized spacial score (nSPS) is 13.1. The molecule has 1 atom stereocenters. The molecule has 0 aliphatic carbocycles. The van der Waals surface area contributed by atoms with Gasteiger partial charge in [0.2, 0.25) is 0 Å². The predicted octanol–water partition coefficient (Wildman–Crippen LogP) is 4.39. The smallest absolute Gasteiger partial charge is 0.121 e. The van der Waals surface area contributed by atoms with Gasteiger partial charge in [0.25, 0.3) is 0 Å². The van der Waals surface area contributed by atoms with Crippen molar-refractivity contribution in [2.75, 3.05) is 0 Å². The highest BCUT2D eigenvalue weighted by Gasteiger charge is 2.21. The highest BCUT2D eigenvalue weighted by Crippen LogP contribution is 2.38. The van der Waals surface area contributed by atoms with Gasteiger partial charge in [0.1, 0.15) is 10.4 Å². The fourth-order valence-corrected chi connectivity index (χ4v) is 3.36. The zero-order valence-corrected chi connectivity index (χ0v) is 12.1.